The third-order valence-electron chi connectivity index (χ3n) is 5.52. The predicted octanol–water partition coefficient (Wildman–Crippen LogP) is 4.81. The number of carbonyl (C=O) groups excluding carboxylic acids is 2. The molecule has 2 aromatic rings. The fraction of sp³-hybridized carbons (Fsp3) is 0.333. The Morgan fingerprint density at radius 2 is 1.77 bits per heavy atom. The normalized spacial score (nSPS) is 17.4. The number of hydrogen-bond acceptors (Lipinski definition) is 6. The van der Waals surface area contributed by atoms with Crippen LogP contribution in [0.4, 0.5) is 0 Å². The second-order valence-electron chi connectivity index (χ2n) is 7.46. The van der Waals surface area contributed by atoms with Crippen molar-refractivity contribution in [3.63, 3.8) is 0 Å². The Bertz CT molecular complexity index is 1000. The van der Waals surface area contributed by atoms with Crippen molar-refractivity contribution in [3.05, 3.63) is 53.3 Å². The highest BCUT2D eigenvalue weighted by Gasteiger charge is 2.29. The molecule has 1 heterocycles. The zero-order valence-electron chi connectivity index (χ0n) is 17.1. The summed E-state index contributed by atoms with van der Waals surface area (Å²) in [6.45, 7) is 0. The summed E-state index contributed by atoms with van der Waals surface area (Å²) in [7, 11) is 3.13. The molecule has 0 atom stereocenters. The minimum atomic E-state index is -0.236. The van der Waals surface area contributed by atoms with Gasteiger partial charge in [-0.15, -0.1) is 0 Å². The van der Waals surface area contributed by atoms with Crippen molar-refractivity contribution in [1.82, 2.24) is 0 Å². The SMILES string of the molecule is COc1ccc(OC)c(C=C2Oc3cc(OC(=O)C4CCCCC4)ccc3C2=O)c1. The molecule has 156 valence electrons. The number of benzene rings is 2. The van der Waals surface area contributed by atoms with E-state index in [-0.39, 0.29) is 23.4 Å². The number of allylic oxidation sites excluding steroid dienone is 1. The number of hydrogen-bond donors (Lipinski definition) is 0. The minimum Gasteiger partial charge on any atom is -0.497 e. The fourth-order valence-electron chi connectivity index (χ4n) is 3.86. The minimum absolute atomic E-state index is 0.0504. The molecule has 2 aliphatic rings. The van der Waals surface area contributed by atoms with Gasteiger partial charge in [0.2, 0.25) is 5.78 Å². The summed E-state index contributed by atoms with van der Waals surface area (Å²) in [5.74, 6) is 1.67. The van der Waals surface area contributed by atoms with E-state index in [0.29, 0.717) is 34.1 Å². The van der Waals surface area contributed by atoms with E-state index in [4.69, 9.17) is 18.9 Å². The Balaban J connectivity index is 1.54. The summed E-state index contributed by atoms with van der Waals surface area (Å²) >= 11 is 0. The maximum absolute atomic E-state index is 12.8. The number of ether oxygens (including phenoxy) is 4. The Morgan fingerprint density at radius 1 is 1.00 bits per heavy atom. The summed E-state index contributed by atoms with van der Waals surface area (Å²) in [5.41, 5.74) is 1.09. The molecule has 0 radical (unpaired) electrons. The first-order valence-electron chi connectivity index (χ1n) is 10.1. The molecule has 0 bridgehead atoms. The molecule has 6 heteroatoms. The van der Waals surface area contributed by atoms with Crippen LogP contribution in [0.2, 0.25) is 0 Å². The van der Waals surface area contributed by atoms with Crippen LogP contribution >= 0.6 is 0 Å². The summed E-state index contributed by atoms with van der Waals surface area (Å²) in [6.07, 6.45) is 6.65. The Hall–Kier alpha value is -3.28. The van der Waals surface area contributed by atoms with E-state index < -0.39 is 0 Å². The van der Waals surface area contributed by atoms with Gasteiger partial charge in [-0.05, 0) is 49.2 Å². The standard InChI is InChI=1S/C24H24O6/c1-27-17-9-11-20(28-2)16(12-17)13-22-23(25)19-10-8-18(14-21(19)30-22)29-24(26)15-6-4-3-5-7-15/h8-15H,3-7H2,1-2H3. The van der Waals surface area contributed by atoms with E-state index in [1.54, 1.807) is 56.7 Å². The average Bonchev–Trinajstić information content (AvgIpc) is 3.08. The molecule has 1 aliphatic carbocycles. The van der Waals surface area contributed by atoms with E-state index in [2.05, 4.69) is 0 Å². The molecule has 6 nitrogen and oxygen atoms in total. The van der Waals surface area contributed by atoms with Crippen molar-refractivity contribution in [1.29, 1.82) is 0 Å². The number of Topliss-reactive ketones (excluding diaryl/α,β-unsaturated/α-hetero) is 1. The van der Waals surface area contributed by atoms with Gasteiger partial charge in [0.25, 0.3) is 0 Å². The molecule has 1 saturated carbocycles. The highest BCUT2D eigenvalue weighted by Crippen LogP contribution is 2.37. The van der Waals surface area contributed by atoms with E-state index in [1.807, 2.05) is 0 Å². The second-order valence-corrected chi connectivity index (χ2v) is 7.46. The van der Waals surface area contributed by atoms with Gasteiger partial charge in [0.05, 0.1) is 25.7 Å². The molecule has 0 amide bonds. The predicted molar refractivity (Wildman–Crippen MR) is 111 cm³/mol. The number of rotatable bonds is 5. The summed E-state index contributed by atoms with van der Waals surface area (Å²) in [4.78, 5) is 25.2. The first-order valence-corrected chi connectivity index (χ1v) is 10.1. The van der Waals surface area contributed by atoms with Crippen LogP contribution in [0.3, 0.4) is 0 Å². The van der Waals surface area contributed by atoms with E-state index in [9.17, 15) is 9.59 Å². The van der Waals surface area contributed by atoms with E-state index in [0.717, 1.165) is 25.7 Å². The van der Waals surface area contributed by atoms with Gasteiger partial charge in [0, 0.05) is 11.6 Å². The molecule has 4 rings (SSSR count). The molecule has 30 heavy (non-hydrogen) atoms. The molecule has 1 aliphatic heterocycles. The first kappa shape index (κ1) is 20.0. The third kappa shape index (κ3) is 4.03. The van der Waals surface area contributed by atoms with Crippen LogP contribution in [0.25, 0.3) is 6.08 Å². The van der Waals surface area contributed by atoms with Gasteiger partial charge < -0.3 is 18.9 Å². The number of fused-ring (bicyclic) bond motifs is 1. The van der Waals surface area contributed by atoms with Crippen molar-refractivity contribution in [2.75, 3.05) is 14.2 Å². The maximum atomic E-state index is 12.8. The largest absolute Gasteiger partial charge is 0.497 e. The summed E-state index contributed by atoms with van der Waals surface area (Å²) in [6, 6.07) is 10.2. The lowest BCUT2D eigenvalue weighted by Crippen LogP contribution is -2.22. The van der Waals surface area contributed by atoms with Crippen molar-refractivity contribution < 1.29 is 28.5 Å². The Kier molecular flexibility index (Phi) is 5.74. The van der Waals surface area contributed by atoms with Crippen LogP contribution in [0.5, 0.6) is 23.0 Å². The topological polar surface area (TPSA) is 71.1 Å². The van der Waals surface area contributed by atoms with Gasteiger partial charge in [-0.3, -0.25) is 9.59 Å². The average molecular weight is 408 g/mol. The van der Waals surface area contributed by atoms with Crippen molar-refractivity contribution >= 4 is 17.8 Å². The Morgan fingerprint density at radius 3 is 2.50 bits per heavy atom. The molecule has 1 fully saturated rings. The Labute approximate surface area is 175 Å². The highest BCUT2D eigenvalue weighted by atomic mass is 16.5. The lowest BCUT2D eigenvalue weighted by molar-refractivity contribution is -0.139. The van der Waals surface area contributed by atoms with E-state index in [1.165, 1.54) is 6.42 Å². The quantitative estimate of drug-likeness (QED) is 0.402. The molecule has 0 unspecified atom stereocenters. The molecule has 0 saturated heterocycles. The zero-order valence-corrected chi connectivity index (χ0v) is 17.1. The smallest absolute Gasteiger partial charge is 0.314 e. The van der Waals surface area contributed by atoms with Crippen molar-refractivity contribution in [2.24, 2.45) is 5.92 Å². The molecule has 0 N–H and O–H groups in total. The molecule has 0 spiro atoms. The van der Waals surface area contributed by atoms with Crippen LogP contribution in [0.1, 0.15) is 48.0 Å². The third-order valence-corrected chi connectivity index (χ3v) is 5.52. The van der Waals surface area contributed by atoms with Gasteiger partial charge in [-0.2, -0.15) is 0 Å². The first-order chi connectivity index (χ1) is 14.6. The van der Waals surface area contributed by atoms with Crippen LogP contribution < -0.4 is 18.9 Å². The molecule has 2 aromatic carbocycles. The maximum Gasteiger partial charge on any atom is 0.314 e. The van der Waals surface area contributed by atoms with Crippen LogP contribution in [0, 0.1) is 5.92 Å². The lowest BCUT2D eigenvalue weighted by atomic mass is 9.89. The number of esters is 1. The zero-order chi connectivity index (χ0) is 21.1. The lowest BCUT2D eigenvalue weighted by Gasteiger charge is -2.19. The molecule has 0 aromatic heterocycles. The van der Waals surface area contributed by atoms with Crippen molar-refractivity contribution in [3.8, 4) is 23.0 Å². The van der Waals surface area contributed by atoms with E-state index >= 15 is 0 Å². The van der Waals surface area contributed by atoms with Crippen LogP contribution in [-0.2, 0) is 4.79 Å². The van der Waals surface area contributed by atoms with Crippen LogP contribution in [-0.4, -0.2) is 26.0 Å². The van der Waals surface area contributed by atoms with Gasteiger partial charge in [-0.1, -0.05) is 19.3 Å². The summed E-state index contributed by atoms with van der Waals surface area (Å²) in [5, 5.41) is 0. The van der Waals surface area contributed by atoms with Gasteiger partial charge >= 0.3 is 5.97 Å². The van der Waals surface area contributed by atoms with Crippen LogP contribution in [0.15, 0.2) is 42.2 Å². The van der Waals surface area contributed by atoms with Gasteiger partial charge in [-0.25, -0.2) is 0 Å². The van der Waals surface area contributed by atoms with Gasteiger partial charge in [0.15, 0.2) is 5.76 Å². The molecular weight excluding hydrogens is 384 g/mol. The van der Waals surface area contributed by atoms with Gasteiger partial charge in [0.1, 0.15) is 23.0 Å². The number of ketones is 1. The second kappa shape index (κ2) is 8.61. The molecular formula is C24H24O6. The highest BCUT2D eigenvalue weighted by molar-refractivity contribution is 6.14. The monoisotopic (exact) mass is 408 g/mol. The fourth-order valence-corrected chi connectivity index (χ4v) is 3.86. The van der Waals surface area contributed by atoms with Crippen molar-refractivity contribution in [2.45, 2.75) is 32.1 Å². The number of methoxy groups -OCH3 is 2. The summed E-state index contributed by atoms with van der Waals surface area (Å²) < 4.78 is 22.0. The number of carbonyl (C=O) groups is 2.